The zero-order chi connectivity index (χ0) is 20.5. The molecule has 3 aliphatic rings. The van der Waals surface area contributed by atoms with Gasteiger partial charge in [0.2, 0.25) is 11.8 Å². The maximum Gasteiger partial charge on any atom is 0.262 e. The molecule has 0 saturated carbocycles. The number of carbonyl (C=O) groups is 4. The second-order valence-electron chi connectivity index (χ2n) is 8.19. The third-order valence-electron chi connectivity index (χ3n) is 6.20. The number of hydrogen-bond donors (Lipinski definition) is 3. The van der Waals surface area contributed by atoms with Crippen LogP contribution in [0, 0.1) is 11.8 Å². The van der Waals surface area contributed by atoms with Crippen LogP contribution in [0.3, 0.4) is 0 Å². The summed E-state index contributed by atoms with van der Waals surface area (Å²) in [5, 5.41) is 9.07. The molecule has 4 rings (SSSR count). The standard InChI is InChI=1S/C21H26N4O4/c1-12-9-22-7-6-14(12)11-23-10-13-2-3-15-16(8-13)21(29)25(20(15)28)17-4-5-18(26)24-19(17)27/h2-3,8,12,14,17,22-23H,4-7,9-11H2,1H3,(H,24,26,27). The molecule has 8 nitrogen and oxygen atoms in total. The van der Waals surface area contributed by atoms with Gasteiger partial charge in [0.05, 0.1) is 11.1 Å². The highest BCUT2D eigenvalue weighted by atomic mass is 16.2. The van der Waals surface area contributed by atoms with Crippen LogP contribution in [-0.4, -0.2) is 54.2 Å². The Labute approximate surface area is 169 Å². The third kappa shape index (κ3) is 3.82. The molecule has 2 saturated heterocycles. The molecule has 4 amide bonds. The lowest BCUT2D eigenvalue weighted by molar-refractivity contribution is -0.136. The number of imide groups is 2. The fourth-order valence-corrected chi connectivity index (χ4v) is 4.40. The Morgan fingerprint density at radius 3 is 2.66 bits per heavy atom. The van der Waals surface area contributed by atoms with Crippen molar-refractivity contribution in [2.24, 2.45) is 11.8 Å². The molecule has 1 aromatic rings. The van der Waals surface area contributed by atoms with Crippen LogP contribution in [0.5, 0.6) is 0 Å². The predicted molar refractivity (Wildman–Crippen MR) is 105 cm³/mol. The highest BCUT2D eigenvalue weighted by Crippen LogP contribution is 2.28. The monoisotopic (exact) mass is 398 g/mol. The number of nitrogens with one attached hydrogen (secondary N) is 3. The van der Waals surface area contributed by atoms with Crippen molar-refractivity contribution in [1.82, 2.24) is 20.9 Å². The first-order valence-electron chi connectivity index (χ1n) is 10.2. The van der Waals surface area contributed by atoms with Crippen LogP contribution >= 0.6 is 0 Å². The average Bonchev–Trinajstić information content (AvgIpc) is 2.94. The molecule has 0 bridgehead atoms. The van der Waals surface area contributed by atoms with Crippen molar-refractivity contribution < 1.29 is 19.2 Å². The summed E-state index contributed by atoms with van der Waals surface area (Å²) in [7, 11) is 0. The van der Waals surface area contributed by atoms with E-state index in [4.69, 9.17) is 0 Å². The fourth-order valence-electron chi connectivity index (χ4n) is 4.40. The second-order valence-corrected chi connectivity index (χ2v) is 8.19. The van der Waals surface area contributed by atoms with Crippen LogP contribution in [0.15, 0.2) is 18.2 Å². The van der Waals surface area contributed by atoms with Crippen LogP contribution in [0.4, 0.5) is 0 Å². The Kier molecular flexibility index (Phi) is 5.47. The van der Waals surface area contributed by atoms with Gasteiger partial charge in [0.1, 0.15) is 6.04 Å². The Bertz CT molecular complexity index is 868. The SMILES string of the molecule is CC1CNCCC1CNCc1ccc2c(c1)C(=O)N(C1CCC(=O)NC1=O)C2=O. The number of rotatable bonds is 5. The first-order chi connectivity index (χ1) is 14.0. The van der Waals surface area contributed by atoms with E-state index in [1.165, 1.54) is 0 Å². The van der Waals surface area contributed by atoms with Gasteiger partial charge in [-0.05, 0) is 62.0 Å². The summed E-state index contributed by atoms with van der Waals surface area (Å²) in [5.74, 6) is -0.654. The molecule has 3 atom stereocenters. The maximum atomic E-state index is 12.9. The second kappa shape index (κ2) is 8.04. The van der Waals surface area contributed by atoms with Gasteiger partial charge in [-0.3, -0.25) is 29.4 Å². The summed E-state index contributed by atoms with van der Waals surface area (Å²) in [6, 6.07) is 4.31. The number of nitrogens with zero attached hydrogens (tertiary/aromatic N) is 1. The van der Waals surface area contributed by atoms with Gasteiger partial charge in [-0.1, -0.05) is 13.0 Å². The highest BCUT2D eigenvalue weighted by molar-refractivity contribution is 6.23. The first kappa shape index (κ1) is 19.7. The van der Waals surface area contributed by atoms with E-state index in [1.807, 2.05) is 6.07 Å². The van der Waals surface area contributed by atoms with E-state index in [-0.39, 0.29) is 18.7 Å². The average molecular weight is 398 g/mol. The summed E-state index contributed by atoms with van der Waals surface area (Å²) in [6.07, 6.45) is 1.43. The Morgan fingerprint density at radius 2 is 1.90 bits per heavy atom. The minimum Gasteiger partial charge on any atom is -0.316 e. The molecule has 8 heteroatoms. The van der Waals surface area contributed by atoms with E-state index in [2.05, 4.69) is 22.9 Å². The Hall–Kier alpha value is -2.58. The molecule has 0 aromatic heterocycles. The number of carbonyl (C=O) groups excluding carboxylic acids is 4. The summed E-state index contributed by atoms with van der Waals surface area (Å²) in [4.78, 5) is 50.1. The minimum atomic E-state index is -0.928. The molecule has 3 unspecified atom stereocenters. The van der Waals surface area contributed by atoms with E-state index in [0.29, 0.717) is 29.5 Å². The van der Waals surface area contributed by atoms with Crippen molar-refractivity contribution in [2.45, 2.75) is 38.8 Å². The summed E-state index contributed by atoms with van der Waals surface area (Å²) >= 11 is 0. The van der Waals surface area contributed by atoms with Gasteiger partial charge in [-0.25, -0.2) is 0 Å². The molecular weight excluding hydrogens is 372 g/mol. The van der Waals surface area contributed by atoms with Gasteiger partial charge < -0.3 is 10.6 Å². The molecule has 3 heterocycles. The van der Waals surface area contributed by atoms with Crippen molar-refractivity contribution >= 4 is 23.6 Å². The lowest BCUT2D eigenvalue weighted by Gasteiger charge is -2.29. The van der Waals surface area contributed by atoms with Gasteiger partial charge in [0.25, 0.3) is 11.8 Å². The van der Waals surface area contributed by atoms with E-state index < -0.39 is 23.8 Å². The van der Waals surface area contributed by atoms with Gasteiger partial charge >= 0.3 is 0 Å². The van der Waals surface area contributed by atoms with Crippen molar-refractivity contribution in [3.63, 3.8) is 0 Å². The smallest absolute Gasteiger partial charge is 0.262 e. The Balaban J connectivity index is 1.43. The van der Waals surface area contributed by atoms with Crippen molar-refractivity contribution in [1.29, 1.82) is 0 Å². The van der Waals surface area contributed by atoms with Crippen LogP contribution in [0.25, 0.3) is 0 Å². The first-order valence-corrected chi connectivity index (χ1v) is 10.2. The van der Waals surface area contributed by atoms with Crippen molar-refractivity contribution in [2.75, 3.05) is 19.6 Å². The number of benzene rings is 1. The normalized spacial score (nSPS) is 27.2. The van der Waals surface area contributed by atoms with Gasteiger partial charge in [-0.15, -0.1) is 0 Å². The van der Waals surface area contributed by atoms with E-state index >= 15 is 0 Å². The molecule has 3 aliphatic heterocycles. The van der Waals surface area contributed by atoms with Crippen LogP contribution in [0.1, 0.15) is 52.5 Å². The van der Waals surface area contributed by atoms with Gasteiger partial charge in [0.15, 0.2) is 0 Å². The van der Waals surface area contributed by atoms with Gasteiger partial charge in [-0.2, -0.15) is 0 Å². The predicted octanol–water partition coefficient (Wildman–Crippen LogP) is 0.423. The van der Waals surface area contributed by atoms with Gasteiger partial charge in [0, 0.05) is 13.0 Å². The minimum absolute atomic E-state index is 0.119. The summed E-state index contributed by atoms with van der Waals surface area (Å²) in [6.45, 7) is 5.86. The molecular formula is C21H26N4O4. The molecule has 1 aromatic carbocycles. The van der Waals surface area contributed by atoms with Crippen molar-refractivity contribution in [3.05, 3.63) is 34.9 Å². The van der Waals surface area contributed by atoms with E-state index in [0.717, 1.165) is 36.5 Å². The number of hydrogen-bond acceptors (Lipinski definition) is 6. The van der Waals surface area contributed by atoms with Crippen molar-refractivity contribution in [3.8, 4) is 0 Å². The molecule has 29 heavy (non-hydrogen) atoms. The lowest BCUT2D eigenvalue weighted by atomic mass is 9.88. The Morgan fingerprint density at radius 1 is 1.10 bits per heavy atom. The highest BCUT2D eigenvalue weighted by Gasteiger charge is 2.44. The van der Waals surface area contributed by atoms with Crippen LogP contribution in [0.2, 0.25) is 0 Å². The zero-order valence-electron chi connectivity index (χ0n) is 16.5. The third-order valence-corrected chi connectivity index (χ3v) is 6.20. The summed E-state index contributed by atoms with van der Waals surface area (Å²) in [5.41, 5.74) is 1.57. The molecule has 0 aliphatic carbocycles. The largest absolute Gasteiger partial charge is 0.316 e. The molecule has 3 N–H and O–H groups in total. The quantitative estimate of drug-likeness (QED) is 0.621. The zero-order valence-corrected chi connectivity index (χ0v) is 16.5. The molecule has 154 valence electrons. The fraction of sp³-hybridized carbons (Fsp3) is 0.524. The lowest BCUT2D eigenvalue weighted by Crippen LogP contribution is -2.54. The van der Waals surface area contributed by atoms with Crippen LogP contribution < -0.4 is 16.0 Å². The number of fused-ring (bicyclic) bond motifs is 1. The molecule has 0 spiro atoms. The number of piperidine rings is 2. The topological polar surface area (TPSA) is 108 Å². The van der Waals surface area contributed by atoms with E-state index in [9.17, 15) is 19.2 Å². The van der Waals surface area contributed by atoms with E-state index in [1.54, 1.807) is 12.1 Å². The maximum absolute atomic E-state index is 12.9. The number of amides is 4. The van der Waals surface area contributed by atoms with Crippen LogP contribution in [-0.2, 0) is 16.1 Å². The summed E-state index contributed by atoms with van der Waals surface area (Å²) < 4.78 is 0. The molecule has 2 fully saturated rings. The molecule has 0 radical (unpaired) electrons.